The number of hydrogen-bond donors (Lipinski definition) is 0. The van der Waals surface area contributed by atoms with Crippen molar-refractivity contribution in [3.05, 3.63) is 58.5 Å². The summed E-state index contributed by atoms with van der Waals surface area (Å²) in [7, 11) is 3.78. The second-order valence-electron chi connectivity index (χ2n) is 4.97. The van der Waals surface area contributed by atoms with Gasteiger partial charge >= 0.3 is 23.9 Å². The number of hydrogen-bond acceptors (Lipinski definition) is 8. The molecule has 0 aliphatic carbocycles. The molecule has 8 nitrogen and oxygen atoms in total. The van der Waals surface area contributed by atoms with Gasteiger partial charge in [-0.2, -0.15) is 0 Å². The molecule has 2 aromatic rings. The summed E-state index contributed by atoms with van der Waals surface area (Å²) in [4.78, 5) is 49.2. The number of rotatable bonds is 5. The minimum absolute atomic E-state index is 0.692. The molecular formula is C20H18O8. The summed E-state index contributed by atoms with van der Waals surface area (Å²) in [5.41, 5.74) is -4.46. The average molecular weight is 392 g/mol. The van der Waals surface area contributed by atoms with Crippen LogP contribution in [0.5, 0.6) is 0 Å². The van der Waals surface area contributed by atoms with E-state index in [9.17, 15) is 19.2 Å². The smallest absolute Gasteiger partial charge is 0.338 e. The van der Waals surface area contributed by atoms with Crippen LogP contribution in [0.2, 0.25) is 0 Å². The van der Waals surface area contributed by atoms with E-state index in [-0.39, 0.29) is 0 Å². The Hall–Kier alpha value is -3.68. The van der Waals surface area contributed by atoms with Crippen LogP contribution in [0.15, 0.2) is 36.3 Å². The second kappa shape index (κ2) is 8.81. The molecule has 0 spiro atoms. The van der Waals surface area contributed by atoms with Crippen molar-refractivity contribution in [3.63, 3.8) is 0 Å². The Bertz CT molecular complexity index is 1150. The van der Waals surface area contributed by atoms with Gasteiger partial charge in [-0.05, 0) is 35.3 Å². The zero-order valence-electron chi connectivity index (χ0n) is 21.3. The molecule has 0 bridgehead atoms. The Balaban J connectivity index is 3.20. The molecule has 0 N–H and O–H groups in total. The van der Waals surface area contributed by atoms with Crippen molar-refractivity contribution in [2.24, 2.45) is 0 Å². The maximum absolute atomic E-state index is 12.4. The highest BCUT2D eigenvalue weighted by Gasteiger charge is 2.22. The van der Waals surface area contributed by atoms with Crippen LogP contribution in [0.3, 0.4) is 0 Å². The number of benzene rings is 2. The number of ether oxygens (including phenoxy) is 4. The second-order valence-corrected chi connectivity index (χ2v) is 4.97. The third-order valence-electron chi connectivity index (χ3n) is 3.43. The average Bonchev–Trinajstić information content (AvgIpc) is 2.83. The van der Waals surface area contributed by atoms with Crippen molar-refractivity contribution >= 4 is 23.9 Å². The van der Waals surface area contributed by atoms with Crippen molar-refractivity contribution < 1.29 is 46.4 Å². The first kappa shape index (κ1) is 13.5. The van der Waals surface area contributed by atoms with E-state index in [2.05, 4.69) is 18.9 Å². The fraction of sp³-hybridized carbons (Fsp3) is 0.200. The van der Waals surface area contributed by atoms with E-state index in [1.165, 1.54) is 0 Å². The van der Waals surface area contributed by atoms with Crippen LogP contribution < -0.4 is 0 Å². The fourth-order valence-corrected chi connectivity index (χ4v) is 2.08. The van der Waals surface area contributed by atoms with Gasteiger partial charge in [0.2, 0.25) is 0 Å². The zero-order chi connectivity index (χ0) is 26.1. The third kappa shape index (κ3) is 4.01. The maximum Gasteiger partial charge on any atom is 0.338 e. The molecule has 0 aliphatic rings. The lowest BCUT2D eigenvalue weighted by molar-refractivity contribution is 0.0555. The molecule has 0 heterocycles. The Morgan fingerprint density at radius 3 is 1.14 bits per heavy atom. The maximum atomic E-state index is 12.4. The van der Waals surface area contributed by atoms with Crippen LogP contribution in [0.4, 0.5) is 0 Å². The van der Waals surface area contributed by atoms with Gasteiger partial charge in [-0.1, -0.05) is 12.1 Å². The summed E-state index contributed by atoms with van der Waals surface area (Å²) in [6, 6.07) is -5.31. The van der Waals surface area contributed by atoms with E-state index in [0.717, 1.165) is 28.4 Å². The molecule has 0 aliphatic heterocycles. The van der Waals surface area contributed by atoms with Gasteiger partial charge in [0, 0.05) is 0 Å². The van der Waals surface area contributed by atoms with Crippen molar-refractivity contribution in [1.29, 1.82) is 0 Å². The summed E-state index contributed by atoms with van der Waals surface area (Å²) in [5, 5.41) is 0. The van der Waals surface area contributed by atoms with E-state index in [4.69, 9.17) is 8.22 Å². The van der Waals surface area contributed by atoms with E-state index in [1.807, 2.05) is 0 Å². The Morgan fingerprint density at radius 1 is 0.571 bits per heavy atom. The standard InChI is InChI=1S/C20H18O8/c1-25-17(21)13-7-5-11(9-15(13)19(23)27-3)12-6-8-14(18(22)26-2)16(10-12)20(24)28-4/h5-10H,1-4H3/i5D,6D,7D,8D,9D,10D. The van der Waals surface area contributed by atoms with Crippen LogP contribution in [0, 0.1) is 0 Å². The Morgan fingerprint density at radius 2 is 0.857 bits per heavy atom. The van der Waals surface area contributed by atoms with E-state index >= 15 is 0 Å². The third-order valence-corrected chi connectivity index (χ3v) is 3.43. The number of carbonyl (C=O) groups is 4. The van der Waals surface area contributed by atoms with E-state index in [0.29, 0.717) is 0 Å². The molecule has 8 heteroatoms. The summed E-state index contributed by atoms with van der Waals surface area (Å²) in [6.45, 7) is 0. The van der Waals surface area contributed by atoms with Crippen LogP contribution in [-0.4, -0.2) is 52.3 Å². The normalized spacial score (nSPS) is 13.0. The molecule has 0 fully saturated rings. The molecule has 2 aromatic carbocycles. The summed E-state index contributed by atoms with van der Waals surface area (Å²) in [6.07, 6.45) is 0. The van der Waals surface area contributed by atoms with Crippen molar-refractivity contribution in [2.45, 2.75) is 0 Å². The lowest BCUT2D eigenvalue weighted by Gasteiger charge is -2.12. The molecule has 2 rings (SSSR count). The molecule has 0 saturated heterocycles. The van der Waals surface area contributed by atoms with E-state index in [1.54, 1.807) is 0 Å². The Labute approximate surface area is 169 Å². The Kier molecular flexibility index (Phi) is 4.24. The molecular weight excluding hydrogens is 368 g/mol. The summed E-state index contributed by atoms with van der Waals surface area (Å²) >= 11 is 0. The molecule has 0 aromatic heterocycles. The van der Waals surface area contributed by atoms with Gasteiger partial charge in [0.25, 0.3) is 0 Å². The van der Waals surface area contributed by atoms with Crippen LogP contribution in [0.1, 0.15) is 49.7 Å². The van der Waals surface area contributed by atoms with Crippen molar-refractivity contribution in [3.8, 4) is 11.1 Å². The molecule has 146 valence electrons. The number of esters is 4. The minimum atomic E-state index is -1.25. The zero-order valence-corrected chi connectivity index (χ0v) is 15.3. The molecule has 0 saturated carbocycles. The molecule has 0 radical (unpaired) electrons. The van der Waals surface area contributed by atoms with Gasteiger partial charge < -0.3 is 18.9 Å². The fourth-order valence-electron chi connectivity index (χ4n) is 2.08. The van der Waals surface area contributed by atoms with Crippen LogP contribution >= 0.6 is 0 Å². The van der Waals surface area contributed by atoms with Crippen LogP contribution in [-0.2, 0) is 18.9 Å². The van der Waals surface area contributed by atoms with Gasteiger partial charge in [0.1, 0.15) is 0 Å². The first-order valence-electron chi connectivity index (χ1n) is 10.5. The van der Waals surface area contributed by atoms with Gasteiger partial charge in [0.05, 0.1) is 58.9 Å². The number of methoxy groups -OCH3 is 4. The molecule has 0 atom stereocenters. The highest BCUT2D eigenvalue weighted by Crippen LogP contribution is 2.27. The molecule has 0 amide bonds. The largest absolute Gasteiger partial charge is 0.465 e. The lowest BCUT2D eigenvalue weighted by Crippen LogP contribution is -2.13. The highest BCUT2D eigenvalue weighted by molar-refractivity contribution is 6.05. The summed E-state index contributed by atoms with van der Waals surface area (Å²) in [5.74, 6) is -4.92. The van der Waals surface area contributed by atoms with Crippen molar-refractivity contribution in [2.75, 3.05) is 28.4 Å². The number of carbonyl (C=O) groups excluding carboxylic acids is 4. The lowest BCUT2D eigenvalue weighted by atomic mass is 9.95. The van der Waals surface area contributed by atoms with Gasteiger partial charge in [-0.25, -0.2) is 19.2 Å². The first-order valence-corrected chi connectivity index (χ1v) is 7.52. The van der Waals surface area contributed by atoms with Crippen LogP contribution in [0.25, 0.3) is 11.1 Å². The predicted octanol–water partition coefficient (Wildman–Crippen LogP) is 2.50. The van der Waals surface area contributed by atoms with Gasteiger partial charge in [-0.3, -0.25) is 0 Å². The molecule has 0 unspecified atom stereocenters. The van der Waals surface area contributed by atoms with Crippen molar-refractivity contribution in [1.82, 2.24) is 0 Å². The highest BCUT2D eigenvalue weighted by atomic mass is 16.5. The monoisotopic (exact) mass is 392 g/mol. The predicted molar refractivity (Wildman–Crippen MR) is 97.2 cm³/mol. The minimum Gasteiger partial charge on any atom is -0.465 e. The SMILES string of the molecule is [2H]c1c([2H])c(-c2c([2H])c([2H])c(C(=O)OC)c(C(=O)OC)c2[2H])c([2H])c(C(=O)OC)c1C(=O)OC. The van der Waals surface area contributed by atoms with Gasteiger partial charge in [0.15, 0.2) is 0 Å². The summed E-state index contributed by atoms with van der Waals surface area (Å²) < 4.78 is 68.3. The topological polar surface area (TPSA) is 105 Å². The first-order chi connectivity index (χ1) is 15.9. The van der Waals surface area contributed by atoms with Gasteiger partial charge in [-0.15, -0.1) is 0 Å². The molecule has 28 heavy (non-hydrogen) atoms. The van der Waals surface area contributed by atoms with E-state index < -0.39 is 93.5 Å². The quantitative estimate of drug-likeness (QED) is 0.564.